The first-order chi connectivity index (χ1) is 11.5. The molecule has 3 rings (SSSR count). The van der Waals surface area contributed by atoms with Gasteiger partial charge in [-0.2, -0.15) is 0 Å². The van der Waals surface area contributed by atoms with Crippen molar-refractivity contribution in [1.29, 1.82) is 0 Å². The van der Waals surface area contributed by atoms with Crippen LogP contribution in [-0.2, 0) is 28.9 Å². The van der Waals surface area contributed by atoms with E-state index in [0.717, 1.165) is 28.8 Å². The number of nitrogens with one attached hydrogen (secondary N) is 1. The van der Waals surface area contributed by atoms with Gasteiger partial charge in [0.25, 0.3) is 0 Å². The van der Waals surface area contributed by atoms with E-state index in [0.29, 0.717) is 24.4 Å². The highest BCUT2D eigenvalue weighted by atomic mass is 35.5. The molecule has 4 nitrogen and oxygen atoms in total. The van der Waals surface area contributed by atoms with E-state index in [9.17, 15) is 9.59 Å². The van der Waals surface area contributed by atoms with Crippen LogP contribution in [0.3, 0.4) is 0 Å². The van der Waals surface area contributed by atoms with Crippen molar-refractivity contribution in [2.24, 2.45) is 0 Å². The third-order valence-corrected chi connectivity index (χ3v) is 4.49. The van der Waals surface area contributed by atoms with Crippen molar-refractivity contribution < 1.29 is 9.59 Å². The number of carbonyl (C=O) groups excluding carboxylic acids is 2. The number of likely N-dealkylation sites (N-methyl/N-ethyl adjacent to an activating group) is 1. The normalized spacial score (nSPS) is 13.1. The molecule has 0 fully saturated rings. The number of nitrogens with zero attached hydrogens (tertiary/aromatic N) is 1. The number of amides is 2. The molecule has 0 saturated carbocycles. The Morgan fingerprint density at radius 3 is 2.62 bits per heavy atom. The lowest BCUT2D eigenvalue weighted by Gasteiger charge is -2.10. The summed E-state index contributed by atoms with van der Waals surface area (Å²) in [6, 6.07) is 13.4. The third-order valence-electron chi connectivity index (χ3n) is 4.23. The monoisotopic (exact) mass is 342 g/mol. The maximum atomic E-state index is 12.1. The number of hydrogen-bond donors (Lipinski definition) is 1. The highest BCUT2D eigenvalue weighted by Gasteiger charge is 2.23. The molecule has 1 aliphatic rings. The third kappa shape index (κ3) is 3.77. The van der Waals surface area contributed by atoms with E-state index >= 15 is 0 Å². The molecular weight excluding hydrogens is 324 g/mol. The molecule has 0 aliphatic carbocycles. The van der Waals surface area contributed by atoms with Gasteiger partial charge in [0.2, 0.25) is 11.8 Å². The predicted molar refractivity (Wildman–Crippen MR) is 95.4 cm³/mol. The van der Waals surface area contributed by atoms with Gasteiger partial charge in [-0.1, -0.05) is 35.9 Å². The summed E-state index contributed by atoms with van der Waals surface area (Å²) in [5.74, 6) is 0.0798. The average molecular weight is 343 g/mol. The fourth-order valence-electron chi connectivity index (χ4n) is 2.88. The first-order valence-electron chi connectivity index (χ1n) is 7.92. The molecule has 124 valence electrons. The Labute approximate surface area is 146 Å². The van der Waals surface area contributed by atoms with Gasteiger partial charge in [-0.3, -0.25) is 9.59 Å². The van der Waals surface area contributed by atoms with Crippen molar-refractivity contribution in [2.75, 3.05) is 18.5 Å². The van der Waals surface area contributed by atoms with Crippen LogP contribution in [0.4, 0.5) is 5.69 Å². The largest absolute Gasteiger partial charge is 0.355 e. The van der Waals surface area contributed by atoms with Crippen LogP contribution < -0.4 is 10.2 Å². The van der Waals surface area contributed by atoms with Crippen molar-refractivity contribution in [2.45, 2.75) is 19.3 Å². The second-order valence-corrected chi connectivity index (χ2v) is 6.43. The van der Waals surface area contributed by atoms with Crippen LogP contribution >= 0.6 is 11.6 Å². The Kier molecular flexibility index (Phi) is 4.86. The van der Waals surface area contributed by atoms with Crippen molar-refractivity contribution in [3.8, 4) is 0 Å². The number of rotatable bonds is 5. The summed E-state index contributed by atoms with van der Waals surface area (Å²) < 4.78 is 0. The summed E-state index contributed by atoms with van der Waals surface area (Å²) in [5.41, 5.74) is 4.00. The van der Waals surface area contributed by atoms with Crippen LogP contribution in [0.25, 0.3) is 0 Å². The van der Waals surface area contributed by atoms with Crippen LogP contribution in [0.1, 0.15) is 16.7 Å². The van der Waals surface area contributed by atoms with Crippen LogP contribution in [0.2, 0.25) is 5.02 Å². The first kappa shape index (κ1) is 16.5. The average Bonchev–Trinajstić information content (AvgIpc) is 2.83. The second kappa shape index (κ2) is 7.05. The van der Waals surface area contributed by atoms with Crippen molar-refractivity contribution in [3.63, 3.8) is 0 Å². The number of benzene rings is 2. The molecule has 0 saturated heterocycles. The number of hydrogen-bond acceptors (Lipinski definition) is 2. The minimum Gasteiger partial charge on any atom is -0.355 e. The zero-order valence-electron chi connectivity index (χ0n) is 13.5. The summed E-state index contributed by atoms with van der Waals surface area (Å²) in [7, 11) is 1.78. The number of anilines is 1. The molecular formula is C19H19ClN2O2. The molecule has 24 heavy (non-hydrogen) atoms. The molecule has 1 aliphatic heterocycles. The van der Waals surface area contributed by atoms with Crippen LogP contribution in [0.5, 0.6) is 0 Å². The van der Waals surface area contributed by atoms with E-state index < -0.39 is 0 Å². The van der Waals surface area contributed by atoms with E-state index in [1.807, 2.05) is 42.5 Å². The minimum atomic E-state index is -0.0124. The van der Waals surface area contributed by atoms with Crippen LogP contribution in [0.15, 0.2) is 42.5 Å². The Balaban J connectivity index is 1.51. The summed E-state index contributed by atoms with van der Waals surface area (Å²) in [6.45, 7) is 0.590. The molecule has 0 spiro atoms. The molecule has 0 aromatic heterocycles. The van der Waals surface area contributed by atoms with Gasteiger partial charge in [0.1, 0.15) is 0 Å². The smallest absolute Gasteiger partial charge is 0.231 e. The van der Waals surface area contributed by atoms with Gasteiger partial charge in [0, 0.05) is 24.3 Å². The molecule has 0 unspecified atom stereocenters. The van der Waals surface area contributed by atoms with Crippen molar-refractivity contribution in [1.82, 2.24) is 5.32 Å². The van der Waals surface area contributed by atoms with Gasteiger partial charge in [0.05, 0.1) is 12.8 Å². The molecule has 1 heterocycles. The van der Waals surface area contributed by atoms with E-state index in [4.69, 9.17) is 11.6 Å². The fraction of sp³-hybridized carbons (Fsp3) is 0.263. The second-order valence-electron chi connectivity index (χ2n) is 6.00. The van der Waals surface area contributed by atoms with E-state index in [1.54, 1.807) is 11.9 Å². The van der Waals surface area contributed by atoms with Gasteiger partial charge in [-0.05, 0) is 41.3 Å². The van der Waals surface area contributed by atoms with Gasteiger partial charge in [-0.15, -0.1) is 0 Å². The standard InChI is InChI=1S/C19H19ClN2O2/c1-22-17-7-4-14(10-15(17)12-19(22)24)11-18(23)21-9-8-13-2-5-16(20)6-3-13/h2-7,10H,8-9,11-12H2,1H3,(H,21,23). The van der Waals surface area contributed by atoms with Gasteiger partial charge >= 0.3 is 0 Å². The molecule has 5 heteroatoms. The maximum absolute atomic E-state index is 12.1. The SMILES string of the molecule is CN1C(=O)Cc2cc(CC(=O)NCCc3ccc(Cl)cc3)ccc21. The quantitative estimate of drug-likeness (QED) is 0.908. The van der Waals surface area contributed by atoms with Crippen LogP contribution in [-0.4, -0.2) is 25.4 Å². The first-order valence-corrected chi connectivity index (χ1v) is 8.30. The summed E-state index contributed by atoms with van der Waals surface area (Å²) in [4.78, 5) is 25.4. The van der Waals surface area contributed by atoms with Gasteiger partial charge in [-0.25, -0.2) is 0 Å². The van der Waals surface area contributed by atoms with E-state index in [-0.39, 0.29) is 11.8 Å². The lowest BCUT2D eigenvalue weighted by molar-refractivity contribution is -0.120. The Hall–Kier alpha value is -2.33. The minimum absolute atomic E-state index is 0.0124. The summed E-state index contributed by atoms with van der Waals surface area (Å²) in [5, 5.41) is 3.64. The Bertz CT molecular complexity index is 771. The summed E-state index contributed by atoms with van der Waals surface area (Å²) in [6.07, 6.45) is 1.51. The highest BCUT2D eigenvalue weighted by Crippen LogP contribution is 2.28. The van der Waals surface area contributed by atoms with E-state index in [2.05, 4.69) is 5.32 Å². The lowest BCUT2D eigenvalue weighted by Crippen LogP contribution is -2.27. The Morgan fingerprint density at radius 1 is 1.17 bits per heavy atom. The van der Waals surface area contributed by atoms with Gasteiger partial charge < -0.3 is 10.2 Å². The molecule has 2 aromatic carbocycles. The van der Waals surface area contributed by atoms with Crippen molar-refractivity contribution >= 4 is 29.1 Å². The zero-order valence-corrected chi connectivity index (χ0v) is 14.3. The number of halogens is 1. The number of carbonyl (C=O) groups is 2. The highest BCUT2D eigenvalue weighted by molar-refractivity contribution is 6.30. The number of fused-ring (bicyclic) bond motifs is 1. The van der Waals surface area contributed by atoms with Crippen molar-refractivity contribution in [3.05, 3.63) is 64.2 Å². The maximum Gasteiger partial charge on any atom is 0.231 e. The predicted octanol–water partition coefficient (Wildman–Crippen LogP) is 2.76. The fourth-order valence-corrected chi connectivity index (χ4v) is 3.00. The summed E-state index contributed by atoms with van der Waals surface area (Å²) >= 11 is 5.85. The molecule has 2 aromatic rings. The van der Waals surface area contributed by atoms with Gasteiger partial charge in [0.15, 0.2) is 0 Å². The molecule has 2 amide bonds. The topological polar surface area (TPSA) is 49.4 Å². The zero-order chi connectivity index (χ0) is 17.1. The molecule has 0 radical (unpaired) electrons. The molecule has 1 N–H and O–H groups in total. The Morgan fingerprint density at radius 2 is 1.88 bits per heavy atom. The molecule has 0 atom stereocenters. The van der Waals surface area contributed by atoms with Crippen LogP contribution in [0, 0.1) is 0 Å². The van der Waals surface area contributed by atoms with E-state index in [1.165, 1.54) is 0 Å². The molecule has 0 bridgehead atoms. The lowest BCUT2D eigenvalue weighted by atomic mass is 10.1.